The number of nitrogens with zero attached hydrogens (tertiary/aromatic N) is 3. The topological polar surface area (TPSA) is 59.4 Å². The van der Waals surface area contributed by atoms with Crippen LogP contribution in [-0.4, -0.2) is 48.7 Å². The summed E-state index contributed by atoms with van der Waals surface area (Å²) >= 11 is 0. The highest BCUT2D eigenvalue weighted by Gasteiger charge is 2.27. The van der Waals surface area contributed by atoms with Gasteiger partial charge in [0.1, 0.15) is 0 Å². The Labute approximate surface area is 125 Å². The van der Waals surface area contributed by atoms with Crippen LogP contribution in [0.25, 0.3) is 0 Å². The van der Waals surface area contributed by atoms with Gasteiger partial charge in [-0.25, -0.2) is 4.68 Å². The minimum atomic E-state index is -0.200. The summed E-state index contributed by atoms with van der Waals surface area (Å²) in [6.45, 7) is 11.3. The van der Waals surface area contributed by atoms with Gasteiger partial charge in [0.25, 0.3) is 5.56 Å². The third kappa shape index (κ3) is 4.15. The van der Waals surface area contributed by atoms with Crippen molar-refractivity contribution in [2.24, 2.45) is 0 Å². The van der Waals surface area contributed by atoms with Crippen LogP contribution < -0.4 is 15.8 Å². The fourth-order valence-electron chi connectivity index (χ4n) is 2.47. The van der Waals surface area contributed by atoms with Crippen LogP contribution in [0.5, 0.6) is 0 Å². The van der Waals surface area contributed by atoms with Crippen LogP contribution in [0.4, 0.5) is 5.69 Å². The van der Waals surface area contributed by atoms with Crippen LogP contribution in [-0.2, 0) is 11.3 Å². The lowest BCUT2D eigenvalue weighted by Crippen LogP contribution is -2.48. The van der Waals surface area contributed by atoms with E-state index in [2.05, 4.69) is 35.7 Å². The Hall–Kier alpha value is -1.66. The normalized spacial score (nSPS) is 17.8. The largest absolute Gasteiger partial charge is 0.372 e. The summed E-state index contributed by atoms with van der Waals surface area (Å²) in [4.78, 5) is 14.3. The molecule has 0 spiro atoms. The molecule has 0 radical (unpaired) electrons. The van der Waals surface area contributed by atoms with Crippen LogP contribution in [0.15, 0.2) is 29.2 Å². The minimum absolute atomic E-state index is 0.103. The first kappa shape index (κ1) is 15.7. The third-order valence-corrected chi connectivity index (χ3v) is 3.45. The monoisotopic (exact) mass is 292 g/mol. The summed E-state index contributed by atoms with van der Waals surface area (Å²) in [5.41, 5.74) is 1.47. The first-order valence-electron chi connectivity index (χ1n) is 7.18. The molecule has 1 saturated heterocycles. The molecule has 1 aromatic heterocycles. The number of ether oxygens (including phenoxy) is 1. The molecule has 116 valence electrons. The van der Waals surface area contributed by atoms with Gasteiger partial charge in [-0.05, 0) is 26.5 Å². The van der Waals surface area contributed by atoms with E-state index < -0.39 is 0 Å². The van der Waals surface area contributed by atoms with E-state index in [1.807, 2.05) is 7.05 Å². The second-order valence-corrected chi connectivity index (χ2v) is 6.02. The first-order valence-corrected chi connectivity index (χ1v) is 7.18. The molecule has 0 aliphatic carbocycles. The Kier molecular flexibility index (Phi) is 4.80. The van der Waals surface area contributed by atoms with Gasteiger partial charge in [0.15, 0.2) is 0 Å². The summed E-state index contributed by atoms with van der Waals surface area (Å²) in [6, 6.07) is 1.64. The second-order valence-electron chi connectivity index (χ2n) is 6.02. The van der Waals surface area contributed by atoms with Gasteiger partial charge >= 0.3 is 0 Å². The number of aromatic nitrogens is 2. The lowest BCUT2D eigenvalue weighted by atomic mass is 10.1. The summed E-state index contributed by atoms with van der Waals surface area (Å²) in [6.07, 6.45) is 1.75. The molecule has 1 N–H and O–H groups in total. The quantitative estimate of drug-likeness (QED) is 0.807. The zero-order valence-corrected chi connectivity index (χ0v) is 13.1. The smallest absolute Gasteiger partial charge is 0.269 e. The zero-order chi connectivity index (χ0) is 15.5. The molecular formula is C15H24N4O2. The molecule has 6 nitrogen and oxygen atoms in total. The molecule has 0 unspecified atom stereocenters. The van der Waals surface area contributed by atoms with Gasteiger partial charge in [0, 0.05) is 25.7 Å². The lowest BCUT2D eigenvalue weighted by Gasteiger charge is -2.39. The molecule has 6 heteroatoms. The Morgan fingerprint density at radius 1 is 1.57 bits per heavy atom. The third-order valence-electron chi connectivity index (χ3n) is 3.45. The predicted molar refractivity (Wildman–Crippen MR) is 83.8 cm³/mol. The van der Waals surface area contributed by atoms with Gasteiger partial charge in [-0.3, -0.25) is 4.79 Å². The van der Waals surface area contributed by atoms with Crippen LogP contribution >= 0.6 is 0 Å². The Morgan fingerprint density at radius 2 is 2.33 bits per heavy atom. The molecular weight excluding hydrogens is 268 g/mol. The van der Waals surface area contributed by atoms with Crippen molar-refractivity contribution in [2.75, 3.05) is 38.2 Å². The molecule has 1 aliphatic heterocycles. The van der Waals surface area contributed by atoms with E-state index in [1.165, 1.54) is 4.68 Å². The highest BCUT2D eigenvalue weighted by molar-refractivity contribution is 5.43. The second kappa shape index (κ2) is 6.41. The zero-order valence-electron chi connectivity index (χ0n) is 13.1. The predicted octanol–water partition coefficient (Wildman–Crippen LogP) is 0.634. The number of anilines is 1. The van der Waals surface area contributed by atoms with Crippen molar-refractivity contribution in [3.05, 3.63) is 34.8 Å². The van der Waals surface area contributed by atoms with Gasteiger partial charge in [-0.1, -0.05) is 6.58 Å². The molecule has 0 amide bonds. The van der Waals surface area contributed by atoms with Crippen molar-refractivity contribution in [2.45, 2.75) is 26.0 Å². The summed E-state index contributed by atoms with van der Waals surface area (Å²) in [5, 5.41) is 7.27. The molecule has 0 saturated carbocycles. The van der Waals surface area contributed by atoms with Crippen molar-refractivity contribution in [3.63, 3.8) is 0 Å². The van der Waals surface area contributed by atoms with Crippen molar-refractivity contribution >= 4 is 5.69 Å². The molecule has 21 heavy (non-hydrogen) atoms. The number of hydrogen-bond acceptors (Lipinski definition) is 5. The van der Waals surface area contributed by atoms with Crippen molar-refractivity contribution in [1.29, 1.82) is 0 Å². The lowest BCUT2D eigenvalue weighted by molar-refractivity contribution is -0.0277. The van der Waals surface area contributed by atoms with Crippen LogP contribution in [0.2, 0.25) is 0 Å². The van der Waals surface area contributed by atoms with E-state index in [9.17, 15) is 4.79 Å². The molecule has 0 aromatic carbocycles. The molecule has 2 heterocycles. The molecule has 1 fully saturated rings. The Bertz CT molecular complexity index is 565. The number of hydrogen-bond donors (Lipinski definition) is 1. The fourth-order valence-corrected chi connectivity index (χ4v) is 2.47. The Morgan fingerprint density at radius 3 is 2.95 bits per heavy atom. The highest BCUT2D eigenvalue weighted by atomic mass is 16.5. The number of morpholine rings is 1. The van der Waals surface area contributed by atoms with E-state index in [-0.39, 0.29) is 11.2 Å². The summed E-state index contributed by atoms with van der Waals surface area (Å²) < 4.78 is 7.13. The van der Waals surface area contributed by atoms with Crippen molar-refractivity contribution < 1.29 is 4.74 Å². The van der Waals surface area contributed by atoms with Crippen LogP contribution in [0.1, 0.15) is 13.8 Å². The van der Waals surface area contributed by atoms with Crippen LogP contribution in [0.3, 0.4) is 0 Å². The molecule has 0 atom stereocenters. The van der Waals surface area contributed by atoms with Crippen molar-refractivity contribution in [1.82, 2.24) is 15.1 Å². The van der Waals surface area contributed by atoms with E-state index >= 15 is 0 Å². The maximum Gasteiger partial charge on any atom is 0.269 e. The minimum Gasteiger partial charge on any atom is -0.372 e. The van der Waals surface area contributed by atoms with Crippen LogP contribution in [0, 0.1) is 0 Å². The maximum atomic E-state index is 12.2. The van der Waals surface area contributed by atoms with E-state index in [0.29, 0.717) is 19.7 Å². The number of nitrogens with one attached hydrogen (secondary N) is 1. The molecule has 0 bridgehead atoms. The van der Waals surface area contributed by atoms with Gasteiger partial charge in [-0.15, -0.1) is 0 Å². The molecule has 2 rings (SSSR count). The van der Waals surface area contributed by atoms with Crippen molar-refractivity contribution in [3.8, 4) is 0 Å². The first-order chi connectivity index (χ1) is 9.91. The highest BCUT2D eigenvalue weighted by Crippen LogP contribution is 2.21. The van der Waals surface area contributed by atoms with Gasteiger partial charge in [0.2, 0.25) is 0 Å². The molecule has 1 aromatic rings. The van der Waals surface area contributed by atoms with Gasteiger partial charge in [0.05, 0.1) is 30.6 Å². The summed E-state index contributed by atoms with van der Waals surface area (Å²) in [5.74, 6) is 0. The molecule has 1 aliphatic rings. The number of likely N-dealkylation sites (N-methyl/N-ethyl adjacent to an activating group) is 1. The van der Waals surface area contributed by atoms with Gasteiger partial charge < -0.3 is 15.0 Å². The average Bonchev–Trinajstić information content (AvgIpc) is 2.40. The Balaban J connectivity index is 2.12. The van der Waals surface area contributed by atoms with E-state index in [1.54, 1.807) is 12.3 Å². The van der Waals surface area contributed by atoms with Gasteiger partial charge in [-0.2, -0.15) is 5.10 Å². The number of rotatable bonds is 5. The summed E-state index contributed by atoms with van der Waals surface area (Å²) in [7, 11) is 1.85. The fraction of sp³-hybridized carbons (Fsp3) is 0.600. The van der Waals surface area contributed by atoms with E-state index in [4.69, 9.17) is 4.74 Å². The maximum absolute atomic E-state index is 12.2. The van der Waals surface area contributed by atoms with E-state index in [0.717, 1.165) is 24.4 Å². The standard InChI is InChI=1S/C15H24N4O2/c1-12(8-16-4)10-19-14(20)7-13(9-17-19)18-5-6-21-15(2,3)11-18/h7,9,16H,1,5-6,8,10-11H2,2-4H3. The SMILES string of the molecule is C=C(CNC)Cn1ncc(N2CCOC(C)(C)C2)cc1=O. The average molecular weight is 292 g/mol.